The van der Waals surface area contributed by atoms with Gasteiger partial charge in [-0.2, -0.15) is 0 Å². The lowest BCUT2D eigenvalue weighted by Gasteiger charge is -2.16. The summed E-state index contributed by atoms with van der Waals surface area (Å²) < 4.78 is 44.8. The van der Waals surface area contributed by atoms with Crippen LogP contribution in [0.3, 0.4) is 0 Å². The fourth-order valence-corrected chi connectivity index (χ4v) is 3.43. The Balaban J connectivity index is 1.40. The molecule has 156 valence electrons. The van der Waals surface area contributed by atoms with E-state index in [1.807, 2.05) is 0 Å². The maximum absolute atomic E-state index is 13.5. The minimum Gasteiger partial charge on any atom is -0.362 e. The summed E-state index contributed by atoms with van der Waals surface area (Å²) in [6.45, 7) is 0.124. The molecule has 0 aliphatic carbocycles. The lowest BCUT2D eigenvalue weighted by atomic mass is 10.1. The number of halogens is 3. The van der Waals surface area contributed by atoms with Crippen LogP contribution in [0, 0.1) is 5.82 Å². The fraction of sp³-hybridized carbons (Fsp3) is 0.389. The zero-order valence-corrected chi connectivity index (χ0v) is 16.0. The first-order chi connectivity index (χ1) is 13.8. The van der Waals surface area contributed by atoms with Gasteiger partial charge in [-0.1, -0.05) is 12.1 Å². The molecule has 0 spiro atoms. The Morgan fingerprint density at radius 3 is 2.86 bits per heavy atom. The minimum atomic E-state index is -3.15. The Kier molecular flexibility index (Phi) is 6.70. The van der Waals surface area contributed by atoms with E-state index in [9.17, 15) is 22.8 Å². The molecule has 0 bridgehead atoms. The third-order valence-electron chi connectivity index (χ3n) is 4.14. The van der Waals surface area contributed by atoms with E-state index in [4.69, 9.17) is 4.74 Å². The van der Waals surface area contributed by atoms with Crippen LogP contribution < -0.4 is 16.0 Å². The normalized spacial score (nSPS) is 17.7. The number of carbonyl (C=O) groups excluding carboxylic acids is 2. The summed E-state index contributed by atoms with van der Waals surface area (Å²) in [6, 6.07) is 5.38. The number of ether oxygens (including phenoxy) is 1. The summed E-state index contributed by atoms with van der Waals surface area (Å²) in [5.74, 6) is -4.39. The van der Waals surface area contributed by atoms with E-state index in [1.165, 1.54) is 23.5 Å². The third-order valence-corrected chi connectivity index (χ3v) is 4.94. The van der Waals surface area contributed by atoms with Gasteiger partial charge < -0.3 is 15.4 Å². The lowest BCUT2D eigenvalue weighted by molar-refractivity contribution is -0.144. The highest BCUT2D eigenvalue weighted by molar-refractivity contribution is 7.13. The van der Waals surface area contributed by atoms with E-state index in [0.29, 0.717) is 22.8 Å². The van der Waals surface area contributed by atoms with E-state index >= 15 is 0 Å². The quantitative estimate of drug-likeness (QED) is 0.632. The minimum absolute atomic E-state index is 0.115. The highest BCUT2D eigenvalue weighted by Gasteiger charge is 2.49. The average molecular weight is 428 g/mol. The molecule has 3 amide bonds. The molecule has 1 aromatic heterocycles. The molecule has 2 heterocycles. The lowest BCUT2D eigenvalue weighted by Crippen LogP contribution is -2.44. The number of rotatable bonds is 7. The van der Waals surface area contributed by atoms with Gasteiger partial charge in [-0.25, -0.2) is 22.9 Å². The Morgan fingerprint density at radius 1 is 1.31 bits per heavy atom. The van der Waals surface area contributed by atoms with Crippen LogP contribution in [-0.2, 0) is 22.5 Å². The first kappa shape index (κ1) is 21.1. The molecule has 1 fully saturated rings. The zero-order chi connectivity index (χ0) is 20.9. The largest absolute Gasteiger partial charge is 0.362 e. The number of carbonyl (C=O) groups is 2. The summed E-state index contributed by atoms with van der Waals surface area (Å²) in [5, 5.41) is 9.59. The number of nitrogens with one attached hydrogen (secondary N) is 3. The third kappa shape index (κ3) is 5.91. The Bertz CT molecular complexity index is 878. The number of amides is 3. The Hall–Kier alpha value is -2.66. The molecule has 1 atom stereocenters. The van der Waals surface area contributed by atoms with Crippen LogP contribution in [0.4, 0.5) is 23.1 Å². The molecule has 1 unspecified atom stereocenters. The number of benzene rings is 1. The van der Waals surface area contributed by atoms with Crippen LogP contribution >= 0.6 is 11.3 Å². The van der Waals surface area contributed by atoms with Gasteiger partial charge >= 0.3 is 6.03 Å². The van der Waals surface area contributed by atoms with Gasteiger partial charge in [0.1, 0.15) is 5.82 Å². The number of alkyl halides is 2. The number of anilines is 1. The second-order valence-electron chi connectivity index (χ2n) is 6.38. The van der Waals surface area contributed by atoms with Crippen molar-refractivity contribution in [3.8, 4) is 0 Å². The summed E-state index contributed by atoms with van der Waals surface area (Å²) in [6.07, 6.45) is -1.91. The van der Waals surface area contributed by atoms with E-state index < -0.39 is 30.4 Å². The van der Waals surface area contributed by atoms with Crippen molar-refractivity contribution in [1.29, 1.82) is 0 Å². The van der Waals surface area contributed by atoms with Gasteiger partial charge in [0.25, 0.3) is 11.8 Å². The van der Waals surface area contributed by atoms with E-state index in [1.54, 1.807) is 17.5 Å². The van der Waals surface area contributed by atoms with Gasteiger partial charge in [-0.3, -0.25) is 10.1 Å². The zero-order valence-electron chi connectivity index (χ0n) is 15.2. The second kappa shape index (κ2) is 9.23. The molecule has 1 saturated heterocycles. The van der Waals surface area contributed by atoms with Gasteiger partial charge in [-0.05, 0) is 17.7 Å². The van der Waals surface area contributed by atoms with Crippen molar-refractivity contribution in [1.82, 2.24) is 15.6 Å². The monoisotopic (exact) mass is 428 g/mol. The SMILES string of the molecule is O=C(NCc1cccc(F)c1)Nc1nc(CCNC(=O)C2OCCC2(F)F)cs1. The van der Waals surface area contributed by atoms with Crippen LogP contribution in [0.25, 0.3) is 0 Å². The number of hydrogen-bond donors (Lipinski definition) is 3. The van der Waals surface area contributed by atoms with Gasteiger partial charge in [0.05, 0.1) is 12.3 Å². The molecule has 2 aromatic rings. The second-order valence-corrected chi connectivity index (χ2v) is 7.24. The first-order valence-corrected chi connectivity index (χ1v) is 9.72. The number of nitrogens with zero attached hydrogens (tertiary/aromatic N) is 1. The van der Waals surface area contributed by atoms with Gasteiger partial charge in [0.15, 0.2) is 11.2 Å². The van der Waals surface area contributed by atoms with E-state index in [-0.39, 0.29) is 25.5 Å². The van der Waals surface area contributed by atoms with Gasteiger partial charge in [0, 0.05) is 31.3 Å². The summed E-state index contributed by atoms with van der Waals surface area (Å²) in [7, 11) is 0. The van der Waals surface area contributed by atoms with Gasteiger partial charge in [-0.15, -0.1) is 11.3 Å². The summed E-state index contributed by atoms with van der Waals surface area (Å²) in [5.41, 5.74) is 1.21. The maximum Gasteiger partial charge on any atom is 0.321 e. The summed E-state index contributed by atoms with van der Waals surface area (Å²) in [4.78, 5) is 27.9. The fourth-order valence-electron chi connectivity index (χ4n) is 2.69. The van der Waals surface area contributed by atoms with Crippen molar-refractivity contribution >= 4 is 28.4 Å². The van der Waals surface area contributed by atoms with Crippen LogP contribution in [0.15, 0.2) is 29.6 Å². The van der Waals surface area contributed by atoms with Crippen molar-refractivity contribution in [2.75, 3.05) is 18.5 Å². The van der Waals surface area contributed by atoms with Crippen LogP contribution in [0.2, 0.25) is 0 Å². The molecule has 1 aliphatic rings. The first-order valence-electron chi connectivity index (χ1n) is 8.84. The molecule has 3 N–H and O–H groups in total. The van der Waals surface area contributed by atoms with Crippen molar-refractivity contribution < 1.29 is 27.5 Å². The number of hydrogen-bond acceptors (Lipinski definition) is 5. The Morgan fingerprint density at radius 2 is 2.14 bits per heavy atom. The van der Waals surface area contributed by atoms with Crippen molar-refractivity contribution in [2.24, 2.45) is 0 Å². The molecule has 3 rings (SSSR count). The molecule has 0 radical (unpaired) electrons. The van der Waals surface area contributed by atoms with E-state index in [2.05, 4.69) is 20.9 Å². The molecule has 1 aliphatic heterocycles. The Labute approximate surface area is 168 Å². The van der Waals surface area contributed by atoms with Gasteiger partial charge in [0.2, 0.25) is 0 Å². The number of urea groups is 1. The molecule has 11 heteroatoms. The van der Waals surface area contributed by atoms with Crippen LogP contribution in [0.5, 0.6) is 0 Å². The summed E-state index contributed by atoms with van der Waals surface area (Å²) >= 11 is 1.19. The molecule has 0 saturated carbocycles. The molecule has 7 nitrogen and oxygen atoms in total. The van der Waals surface area contributed by atoms with Crippen molar-refractivity contribution in [3.05, 3.63) is 46.7 Å². The highest BCUT2D eigenvalue weighted by atomic mass is 32.1. The van der Waals surface area contributed by atoms with Crippen LogP contribution in [0.1, 0.15) is 17.7 Å². The molecule has 1 aromatic carbocycles. The van der Waals surface area contributed by atoms with Crippen molar-refractivity contribution in [2.45, 2.75) is 31.4 Å². The predicted molar refractivity (Wildman–Crippen MR) is 100 cm³/mol. The van der Waals surface area contributed by atoms with E-state index in [0.717, 1.165) is 0 Å². The standard InChI is InChI=1S/C18H19F3N4O3S/c19-12-3-1-2-11(8-12)9-23-16(27)25-17-24-13(10-29-17)4-6-22-15(26)14-18(20,21)5-7-28-14/h1-3,8,10,14H,4-7,9H2,(H,22,26)(H2,23,24,25,27). The number of aromatic nitrogens is 1. The molecule has 29 heavy (non-hydrogen) atoms. The number of thiazole rings is 1. The average Bonchev–Trinajstić information content (AvgIpc) is 3.25. The predicted octanol–water partition coefficient (Wildman–Crippen LogP) is 2.69. The molecular formula is C18H19F3N4O3S. The highest BCUT2D eigenvalue weighted by Crippen LogP contribution is 2.31. The molecular weight excluding hydrogens is 409 g/mol. The topological polar surface area (TPSA) is 92.4 Å². The van der Waals surface area contributed by atoms with Crippen molar-refractivity contribution in [3.63, 3.8) is 0 Å². The maximum atomic E-state index is 13.5. The smallest absolute Gasteiger partial charge is 0.321 e. The van der Waals surface area contributed by atoms with Crippen LogP contribution in [-0.4, -0.2) is 42.1 Å².